The summed E-state index contributed by atoms with van der Waals surface area (Å²) in [7, 11) is 0. The average Bonchev–Trinajstić information content (AvgIpc) is 2.60. The average molecular weight is 417 g/mol. The number of aliphatic carboxylic acids is 1. The summed E-state index contributed by atoms with van der Waals surface area (Å²) in [4.78, 5) is 27.6. The van der Waals surface area contributed by atoms with E-state index in [4.69, 9.17) is 0 Å². The van der Waals surface area contributed by atoms with Crippen molar-refractivity contribution >= 4 is 33.6 Å². The molecule has 0 aromatic heterocycles. The van der Waals surface area contributed by atoms with Crippen molar-refractivity contribution < 1.29 is 14.7 Å². The van der Waals surface area contributed by atoms with Crippen LogP contribution in [0.2, 0.25) is 0 Å². The molecule has 136 valence electrons. The van der Waals surface area contributed by atoms with E-state index in [1.807, 2.05) is 55.5 Å². The Morgan fingerprint density at radius 1 is 1.12 bits per heavy atom. The van der Waals surface area contributed by atoms with E-state index in [9.17, 15) is 14.7 Å². The van der Waals surface area contributed by atoms with Crippen molar-refractivity contribution in [3.8, 4) is 0 Å². The van der Waals surface area contributed by atoms with Crippen LogP contribution in [0.25, 0.3) is 0 Å². The number of halogens is 1. The SMILES string of the molecule is Cc1ccc(CN2CC(CC(=O)O)CN(c3ccc(Br)cc3)C2=O)cc1. The number of amides is 2. The van der Waals surface area contributed by atoms with Gasteiger partial charge in [-0.2, -0.15) is 0 Å². The molecule has 1 saturated heterocycles. The minimum atomic E-state index is -0.838. The van der Waals surface area contributed by atoms with Crippen LogP contribution in [0.5, 0.6) is 0 Å². The summed E-state index contributed by atoms with van der Waals surface area (Å²) in [6.45, 7) is 3.36. The van der Waals surface area contributed by atoms with Gasteiger partial charge in [-0.05, 0) is 36.8 Å². The Bertz CT molecular complexity index is 790. The van der Waals surface area contributed by atoms with Crippen molar-refractivity contribution in [2.75, 3.05) is 18.0 Å². The number of carbonyl (C=O) groups excluding carboxylic acids is 1. The van der Waals surface area contributed by atoms with Crippen LogP contribution in [-0.2, 0) is 11.3 Å². The second-order valence-electron chi connectivity index (χ2n) is 6.70. The maximum Gasteiger partial charge on any atom is 0.324 e. The number of carboxylic acids is 1. The Morgan fingerprint density at radius 2 is 1.77 bits per heavy atom. The molecule has 0 radical (unpaired) electrons. The highest BCUT2D eigenvalue weighted by atomic mass is 79.9. The Balaban J connectivity index is 1.84. The highest BCUT2D eigenvalue weighted by molar-refractivity contribution is 9.10. The van der Waals surface area contributed by atoms with Crippen LogP contribution < -0.4 is 4.90 Å². The second kappa shape index (κ2) is 7.91. The number of urea groups is 1. The van der Waals surface area contributed by atoms with Crippen molar-refractivity contribution in [3.05, 3.63) is 64.1 Å². The molecule has 5 nitrogen and oxygen atoms in total. The molecule has 3 rings (SSSR count). The zero-order chi connectivity index (χ0) is 18.7. The van der Waals surface area contributed by atoms with Crippen LogP contribution >= 0.6 is 15.9 Å². The van der Waals surface area contributed by atoms with Gasteiger partial charge in [-0.1, -0.05) is 45.8 Å². The van der Waals surface area contributed by atoms with Gasteiger partial charge >= 0.3 is 12.0 Å². The number of hydrogen-bond donors (Lipinski definition) is 1. The molecule has 6 heteroatoms. The first kappa shape index (κ1) is 18.5. The molecule has 1 heterocycles. The zero-order valence-corrected chi connectivity index (χ0v) is 16.1. The van der Waals surface area contributed by atoms with Gasteiger partial charge in [0.15, 0.2) is 0 Å². The highest BCUT2D eigenvalue weighted by Gasteiger charge is 2.33. The molecule has 2 aromatic rings. The zero-order valence-electron chi connectivity index (χ0n) is 14.6. The fourth-order valence-electron chi connectivity index (χ4n) is 3.21. The molecule has 2 aromatic carbocycles. The van der Waals surface area contributed by atoms with Gasteiger partial charge in [0.1, 0.15) is 0 Å². The van der Waals surface area contributed by atoms with Gasteiger partial charge in [0, 0.05) is 35.7 Å². The van der Waals surface area contributed by atoms with Gasteiger partial charge in [-0.15, -0.1) is 0 Å². The number of carboxylic acid groups (broad SMARTS) is 1. The number of anilines is 1. The molecule has 0 aliphatic carbocycles. The van der Waals surface area contributed by atoms with Crippen molar-refractivity contribution in [1.29, 1.82) is 0 Å². The monoisotopic (exact) mass is 416 g/mol. The lowest BCUT2D eigenvalue weighted by Crippen LogP contribution is -2.53. The third kappa shape index (κ3) is 4.43. The summed E-state index contributed by atoms with van der Waals surface area (Å²) in [6.07, 6.45) is 0.0463. The van der Waals surface area contributed by atoms with Crippen molar-refractivity contribution in [2.24, 2.45) is 5.92 Å². The standard InChI is InChI=1S/C20H21BrN2O3/c1-14-2-4-15(5-3-14)11-22-12-16(10-19(24)25)13-23(20(22)26)18-8-6-17(21)7-9-18/h2-9,16H,10-13H2,1H3,(H,24,25). The first-order valence-corrected chi connectivity index (χ1v) is 9.31. The van der Waals surface area contributed by atoms with E-state index in [0.717, 1.165) is 15.7 Å². The van der Waals surface area contributed by atoms with E-state index in [-0.39, 0.29) is 18.4 Å². The number of benzene rings is 2. The highest BCUT2D eigenvalue weighted by Crippen LogP contribution is 2.26. The van der Waals surface area contributed by atoms with Crippen molar-refractivity contribution in [2.45, 2.75) is 19.9 Å². The number of carbonyl (C=O) groups is 2. The topological polar surface area (TPSA) is 60.9 Å². The van der Waals surface area contributed by atoms with Crippen LogP contribution in [0.1, 0.15) is 17.5 Å². The van der Waals surface area contributed by atoms with Gasteiger partial charge < -0.3 is 10.0 Å². The van der Waals surface area contributed by atoms with Gasteiger partial charge in [0.2, 0.25) is 0 Å². The van der Waals surface area contributed by atoms with Crippen LogP contribution in [0, 0.1) is 12.8 Å². The third-order valence-corrected chi connectivity index (χ3v) is 5.05. The summed E-state index contributed by atoms with van der Waals surface area (Å²) in [5.41, 5.74) is 2.98. The summed E-state index contributed by atoms with van der Waals surface area (Å²) in [6, 6.07) is 15.5. The van der Waals surface area contributed by atoms with Crippen molar-refractivity contribution in [1.82, 2.24) is 4.90 Å². The Kier molecular flexibility index (Phi) is 5.61. The normalized spacial score (nSPS) is 17.5. The molecule has 0 spiro atoms. The van der Waals surface area contributed by atoms with Crippen LogP contribution in [-0.4, -0.2) is 35.1 Å². The summed E-state index contributed by atoms with van der Waals surface area (Å²) < 4.78 is 0.935. The first-order valence-electron chi connectivity index (χ1n) is 8.51. The molecule has 1 unspecified atom stereocenters. The summed E-state index contributed by atoms with van der Waals surface area (Å²) >= 11 is 3.40. The molecule has 1 fully saturated rings. The van der Waals surface area contributed by atoms with Gasteiger partial charge in [-0.3, -0.25) is 9.69 Å². The molecule has 0 saturated carbocycles. The predicted octanol–water partition coefficient (Wildman–Crippen LogP) is 4.29. The molecule has 2 amide bonds. The minimum absolute atomic E-state index is 0.0463. The maximum atomic E-state index is 13.0. The fraction of sp³-hybridized carbons (Fsp3) is 0.300. The lowest BCUT2D eigenvalue weighted by atomic mass is 10.0. The summed E-state index contributed by atoms with van der Waals surface area (Å²) in [5.74, 6) is -0.949. The quantitative estimate of drug-likeness (QED) is 0.790. The van der Waals surface area contributed by atoms with E-state index < -0.39 is 5.97 Å². The predicted molar refractivity (Wildman–Crippen MR) is 104 cm³/mol. The van der Waals surface area contributed by atoms with E-state index in [0.29, 0.717) is 19.6 Å². The minimum Gasteiger partial charge on any atom is -0.481 e. The Labute approximate surface area is 161 Å². The molecular weight excluding hydrogens is 396 g/mol. The molecule has 26 heavy (non-hydrogen) atoms. The lowest BCUT2D eigenvalue weighted by Gasteiger charge is -2.40. The van der Waals surface area contributed by atoms with Gasteiger partial charge in [0.05, 0.1) is 6.42 Å². The Morgan fingerprint density at radius 3 is 2.38 bits per heavy atom. The largest absolute Gasteiger partial charge is 0.481 e. The Hall–Kier alpha value is -2.34. The van der Waals surface area contributed by atoms with Gasteiger partial charge in [0.25, 0.3) is 0 Å². The summed E-state index contributed by atoms with van der Waals surface area (Å²) in [5, 5.41) is 9.20. The molecule has 1 N–H and O–H groups in total. The van der Waals surface area contributed by atoms with Crippen LogP contribution in [0.4, 0.5) is 10.5 Å². The first-order chi connectivity index (χ1) is 12.4. The smallest absolute Gasteiger partial charge is 0.324 e. The van der Waals surface area contributed by atoms with Crippen molar-refractivity contribution in [3.63, 3.8) is 0 Å². The molecule has 1 aliphatic heterocycles. The van der Waals surface area contributed by atoms with E-state index in [1.54, 1.807) is 9.80 Å². The number of nitrogens with zero attached hydrogens (tertiary/aromatic N) is 2. The molecular formula is C20H21BrN2O3. The lowest BCUT2D eigenvalue weighted by molar-refractivity contribution is -0.138. The second-order valence-corrected chi connectivity index (χ2v) is 7.62. The molecule has 1 atom stereocenters. The fourth-order valence-corrected chi connectivity index (χ4v) is 3.48. The third-order valence-electron chi connectivity index (χ3n) is 4.52. The van der Waals surface area contributed by atoms with Crippen LogP contribution in [0.15, 0.2) is 53.0 Å². The molecule has 1 aliphatic rings. The maximum absolute atomic E-state index is 13.0. The van der Waals surface area contributed by atoms with E-state index >= 15 is 0 Å². The van der Waals surface area contributed by atoms with Gasteiger partial charge in [-0.25, -0.2) is 4.79 Å². The molecule has 0 bridgehead atoms. The number of hydrogen-bond acceptors (Lipinski definition) is 2. The van der Waals surface area contributed by atoms with Crippen LogP contribution in [0.3, 0.4) is 0 Å². The number of rotatable bonds is 5. The number of aryl methyl sites for hydroxylation is 1. The van der Waals surface area contributed by atoms with E-state index in [1.165, 1.54) is 5.56 Å². The van der Waals surface area contributed by atoms with E-state index in [2.05, 4.69) is 15.9 Å².